The lowest BCUT2D eigenvalue weighted by molar-refractivity contribution is 0.102. The van der Waals surface area contributed by atoms with Gasteiger partial charge in [-0.15, -0.1) is 0 Å². The van der Waals surface area contributed by atoms with E-state index >= 15 is 0 Å². The molecule has 0 aromatic heterocycles. The van der Waals surface area contributed by atoms with Crippen molar-refractivity contribution in [3.63, 3.8) is 0 Å². The van der Waals surface area contributed by atoms with Gasteiger partial charge in [-0.25, -0.2) is 0 Å². The number of carbonyl (C=O) groups is 1. The number of para-hydroxylation sites is 1. The van der Waals surface area contributed by atoms with Crippen molar-refractivity contribution in [3.05, 3.63) is 57.0 Å². The summed E-state index contributed by atoms with van der Waals surface area (Å²) in [6.07, 6.45) is 0. The number of benzene rings is 2. The predicted octanol–water partition coefficient (Wildman–Crippen LogP) is 4.25. The molecule has 0 bridgehead atoms. The molecule has 0 aliphatic carbocycles. The van der Waals surface area contributed by atoms with E-state index in [1.807, 2.05) is 13.0 Å². The normalized spacial score (nSPS) is 10.3. The molecule has 0 atom stereocenters. The van der Waals surface area contributed by atoms with Crippen LogP contribution in [0.25, 0.3) is 0 Å². The van der Waals surface area contributed by atoms with Crippen LogP contribution in [0.2, 0.25) is 5.02 Å². The molecule has 0 radical (unpaired) electrons. The summed E-state index contributed by atoms with van der Waals surface area (Å²) in [5.74, 6) is -0.260. The Bertz CT molecular complexity index is 643. The first-order valence-electron chi connectivity index (χ1n) is 5.61. The Morgan fingerprint density at radius 2 is 1.95 bits per heavy atom. The number of halogens is 2. The number of nitrogen functional groups attached to an aromatic ring is 1. The summed E-state index contributed by atoms with van der Waals surface area (Å²) in [6.45, 7) is 1.86. The Balaban J connectivity index is 2.31. The number of aryl methyl sites for hydroxylation is 1. The third-order valence-electron chi connectivity index (χ3n) is 2.77. The number of hydrogen-bond donors (Lipinski definition) is 2. The summed E-state index contributed by atoms with van der Waals surface area (Å²) in [7, 11) is 0. The quantitative estimate of drug-likeness (QED) is 0.804. The lowest BCUT2D eigenvalue weighted by Crippen LogP contribution is -2.15. The largest absolute Gasteiger partial charge is 0.398 e. The van der Waals surface area contributed by atoms with Crippen LogP contribution in [-0.4, -0.2) is 5.91 Å². The molecule has 1 amide bonds. The maximum Gasteiger partial charge on any atom is 0.257 e. The molecule has 3 N–H and O–H groups in total. The van der Waals surface area contributed by atoms with Crippen molar-refractivity contribution in [2.75, 3.05) is 11.1 Å². The summed E-state index contributed by atoms with van der Waals surface area (Å²) in [5.41, 5.74) is 8.32. The molecule has 0 saturated carbocycles. The van der Waals surface area contributed by atoms with Crippen LogP contribution in [0.4, 0.5) is 11.4 Å². The SMILES string of the molecule is Cc1cccc(C(=O)Nc2cccc(Cl)c2Br)c1N. The van der Waals surface area contributed by atoms with Crippen LogP contribution in [0.5, 0.6) is 0 Å². The van der Waals surface area contributed by atoms with Gasteiger partial charge in [-0.3, -0.25) is 4.79 Å². The van der Waals surface area contributed by atoms with Gasteiger partial charge in [0.05, 0.1) is 20.7 Å². The summed E-state index contributed by atoms with van der Waals surface area (Å²) < 4.78 is 0.649. The number of amides is 1. The average molecular weight is 340 g/mol. The van der Waals surface area contributed by atoms with Crippen LogP contribution in [-0.2, 0) is 0 Å². The highest BCUT2D eigenvalue weighted by molar-refractivity contribution is 9.10. The van der Waals surface area contributed by atoms with Gasteiger partial charge in [0, 0.05) is 5.69 Å². The van der Waals surface area contributed by atoms with Gasteiger partial charge in [-0.1, -0.05) is 29.8 Å². The molecule has 0 spiro atoms. The number of nitrogens with one attached hydrogen (secondary N) is 1. The highest BCUT2D eigenvalue weighted by Crippen LogP contribution is 2.30. The molecule has 3 nitrogen and oxygen atoms in total. The lowest BCUT2D eigenvalue weighted by Gasteiger charge is -2.11. The van der Waals surface area contributed by atoms with Gasteiger partial charge in [0.1, 0.15) is 0 Å². The number of anilines is 2. The lowest BCUT2D eigenvalue weighted by atomic mass is 10.1. The Hall–Kier alpha value is -1.52. The predicted molar refractivity (Wildman–Crippen MR) is 82.7 cm³/mol. The highest BCUT2D eigenvalue weighted by atomic mass is 79.9. The second-order valence-electron chi connectivity index (χ2n) is 4.09. The number of hydrogen-bond acceptors (Lipinski definition) is 2. The molecule has 2 rings (SSSR count). The van der Waals surface area contributed by atoms with Gasteiger partial charge >= 0.3 is 0 Å². The van der Waals surface area contributed by atoms with Crippen molar-refractivity contribution in [2.24, 2.45) is 0 Å². The van der Waals surface area contributed by atoms with Crippen molar-refractivity contribution in [3.8, 4) is 0 Å². The van der Waals surface area contributed by atoms with E-state index < -0.39 is 0 Å². The molecule has 0 saturated heterocycles. The Morgan fingerprint density at radius 1 is 1.26 bits per heavy atom. The van der Waals surface area contributed by atoms with Gasteiger partial charge < -0.3 is 11.1 Å². The minimum absolute atomic E-state index is 0.260. The van der Waals surface area contributed by atoms with Gasteiger partial charge in [0.2, 0.25) is 0 Å². The molecule has 5 heteroatoms. The van der Waals surface area contributed by atoms with Gasteiger partial charge in [-0.2, -0.15) is 0 Å². The molecule has 19 heavy (non-hydrogen) atoms. The zero-order valence-corrected chi connectivity index (χ0v) is 12.5. The second-order valence-corrected chi connectivity index (χ2v) is 5.29. The van der Waals surface area contributed by atoms with E-state index in [9.17, 15) is 4.79 Å². The molecule has 98 valence electrons. The molecular weight excluding hydrogens is 328 g/mol. The number of carbonyl (C=O) groups excluding carboxylic acids is 1. The number of nitrogens with two attached hydrogens (primary N) is 1. The van der Waals surface area contributed by atoms with Crippen molar-refractivity contribution in [1.82, 2.24) is 0 Å². The van der Waals surface area contributed by atoms with E-state index in [0.717, 1.165) is 5.56 Å². The average Bonchev–Trinajstić information content (AvgIpc) is 2.38. The fraction of sp³-hybridized carbons (Fsp3) is 0.0714. The molecule has 0 fully saturated rings. The van der Waals surface area contributed by atoms with Gasteiger partial charge in [0.15, 0.2) is 0 Å². The van der Waals surface area contributed by atoms with Crippen LogP contribution >= 0.6 is 27.5 Å². The van der Waals surface area contributed by atoms with Crippen LogP contribution in [0.3, 0.4) is 0 Å². The van der Waals surface area contributed by atoms with Crippen molar-refractivity contribution < 1.29 is 4.79 Å². The van der Waals surface area contributed by atoms with Gasteiger partial charge in [0.25, 0.3) is 5.91 Å². The van der Waals surface area contributed by atoms with E-state index in [2.05, 4.69) is 21.2 Å². The minimum Gasteiger partial charge on any atom is -0.398 e. The molecule has 0 heterocycles. The third-order valence-corrected chi connectivity index (χ3v) is 4.17. The summed E-state index contributed by atoms with van der Waals surface area (Å²) in [4.78, 5) is 12.2. The molecular formula is C14H12BrClN2O. The minimum atomic E-state index is -0.260. The van der Waals surface area contributed by atoms with E-state index in [0.29, 0.717) is 26.4 Å². The summed E-state index contributed by atoms with van der Waals surface area (Å²) in [5, 5.41) is 3.32. The van der Waals surface area contributed by atoms with E-state index in [1.165, 1.54) is 0 Å². The molecule has 0 unspecified atom stereocenters. The van der Waals surface area contributed by atoms with E-state index in [-0.39, 0.29) is 5.91 Å². The van der Waals surface area contributed by atoms with Crippen molar-refractivity contribution in [2.45, 2.75) is 6.92 Å². The maximum absolute atomic E-state index is 12.2. The van der Waals surface area contributed by atoms with Crippen LogP contribution in [0.1, 0.15) is 15.9 Å². The second kappa shape index (κ2) is 5.63. The zero-order chi connectivity index (χ0) is 14.0. The summed E-state index contributed by atoms with van der Waals surface area (Å²) >= 11 is 9.31. The first kappa shape index (κ1) is 13.9. The Kier molecular flexibility index (Phi) is 4.12. The van der Waals surface area contributed by atoms with Gasteiger partial charge in [-0.05, 0) is 46.6 Å². The highest BCUT2D eigenvalue weighted by Gasteiger charge is 2.13. The first-order valence-corrected chi connectivity index (χ1v) is 6.78. The first-order chi connectivity index (χ1) is 9.00. The molecule has 0 aliphatic heterocycles. The third kappa shape index (κ3) is 2.91. The van der Waals surface area contributed by atoms with Crippen LogP contribution in [0, 0.1) is 6.92 Å². The molecule has 2 aromatic carbocycles. The van der Waals surface area contributed by atoms with Crippen LogP contribution in [0.15, 0.2) is 40.9 Å². The fourth-order valence-electron chi connectivity index (χ4n) is 1.67. The standard InChI is InChI=1S/C14H12BrClN2O/c1-8-4-2-5-9(13(8)17)14(19)18-11-7-3-6-10(16)12(11)15/h2-7H,17H2,1H3,(H,18,19). The topological polar surface area (TPSA) is 55.1 Å². The van der Waals surface area contributed by atoms with Crippen molar-refractivity contribution >= 4 is 44.8 Å². The zero-order valence-electron chi connectivity index (χ0n) is 10.2. The Labute approximate surface area is 124 Å². The Morgan fingerprint density at radius 3 is 2.68 bits per heavy atom. The number of rotatable bonds is 2. The maximum atomic E-state index is 12.2. The summed E-state index contributed by atoms with van der Waals surface area (Å²) in [6, 6.07) is 10.6. The van der Waals surface area contributed by atoms with E-state index in [1.54, 1.807) is 30.3 Å². The van der Waals surface area contributed by atoms with Crippen molar-refractivity contribution in [1.29, 1.82) is 0 Å². The molecule has 2 aromatic rings. The van der Waals surface area contributed by atoms with E-state index in [4.69, 9.17) is 17.3 Å². The fourth-order valence-corrected chi connectivity index (χ4v) is 2.21. The van der Waals surface area contributed by atoms with Crippen LogP contribution < -0.4 is 11.1 Å². The monoisotopic (exact) mass is 338 g/mol. The molecule has 0 aliphatic rings. The smallest absolute Gasteiger partial charge is 0.257 e.